The fourth-order valence-corrected chi connectivity index (χ4v) is 1.89. The lowest BCUT2D eigenvalue weighted by molar-refractivity contribution is -0.119. The first-order valence-corrected chi connectivity index (χ1v) is 5.83. The van der Waals surface area contributed by atoms with Crippen molar-refractivity contribution in [3.05, 3.63) is 33.7 Å². The summed E-state index contributed by atoms with van der Waals surface area (Å²) in [7, 11) is 0. The van der Waals surface area contributed by atoms with Crippen LogP contribution in [-0.4, -0.2) is 29.4 Å². The Bertz CT molecular complexity index is 536. The molecule has 0 bridgehead atoms. The third-order valence-electron chi connectivity index (χ3n) is 2.90. The summed E-state index contributed by atoms with van der Waals surface area (Å²) in [4.78, 5) is 37.2. The van der Waals surface area contributed by atoms with E-state index in [9.17, 15) is 14.4 Å². The molecule has 0 radical (unpaired) electrons. The van der Waals surface area contributed by atoms with E-state index in [1.54, 1.807) is 6.92 Å². The molecule has 1 aliphatic rings. The molecule has 1 aromatic rings. The number of carbonyl (C=O) groups excluding carboxylic acids is 2. The molecule has 3 N–H and O–H groups in total. The number of nitrogens with one attached hydrogen (secondary N) is 3. The van der Waals surface area contributed by atoms with Gasteiger partial charge in [0.05, 0.1) is 0 Å². The summed E-state index contributed by atoms with van der Waals surface area (Å²) < 4.78 is 0. The standard InChI is InChI=1S/C12H15N3O3/c1-7-4-10(16)9(6-13-7)12(18)14-5-8-2-3-11(17)15-8/h4,6,8H,2-3,5H2,1H3,(H,13,16)(H,14,18)(H,15,17). The van der Waals surface area contributed by atoms with Crippen LogP contribution in [0.1, 0.15) is 28.9 Å². The number of hydrogen-bond acceptors (Lipinski definition) is 3. The van der Waals surface area contributed by atoms with Gasteiger partial charge < -0.3 is 15.6 Å². The molecule has 1 unspecified atom stereocenters. The fourth-order valence-electron chi connectivity index (χ4n) is 1.89. The van der Waals surface area contributed by atoms with Crippen molar-refractivity contribution < 1.29 is 9.59 Å². The highest BCUT2D eigenvalue weighted by Crippen LogP contribution is 2.05. The second-order valence-corrected chi connectivity index (χ2v) is 4.41. The molecule has 18 heavy (non-hydrogen) atoms. The largest absolute Gasteiger partial charge is 0.364 e. The van der Waals surface area contributed by atoms with Crippen LogP contribution in [0, 0.1) is 6.92 Å². The van der Waals surface area contributed by atoms with Crippen molar-refractivity contribution in [1.82, 2.24) is 15.6 Å². The zero-order valence-electron chi connectivity index (χ0n) is 10.1. The number of H-pyrrole nitrogens is 1. The number of pyridine rings is 1. The van der Waals surface area contributed by atoms with E-state index in [4.69, 9.17) is 0 Å². The van der Waals surface area contributed by atoms with Gasteiger partial charge >= 0.3 is 0 Å². The van der Waals surface area contributed by atoms with Gasteiger partial charge in [-0.25, -0.2) is 0 Å². The summed E-state index contributed by atoms with van der Waals surface area (Å²) in [6, 6.07) is 1.35. The highest BCUT2D eigenvalue weighted by atomic mass is 16.2. The van der Waals surface area contributed by atoms with Crippen LogP contribution >= 0.6 is 0 Å². The average molecular weight is 249 g/mol. The van der Waals surface area contributed by atoms with Crippen molar-refractivity contribution in [2.24, 2.45) is 0 Å². The summed E-state index contributed by atoms with van der Waals surface area (Å²) in [5.41, 5.74) is 0.490. The number of aryl methyl sites for hydroxylation is 1. The van der Waals surface area contributed by atoms with Crippen LogP contribution in [0.4, 0.5) is 0 Å². The molecule has 2 amide bonds. The molecule has 1 aliphatic heterocycles. The maximum atomic E-state index is 11.8. The summed E-state index contributed by atoms with van der Waals surface area (Å²) in [6.07, 6.45) is 2.61. The first kappa shape index (κ1) is 12.3. The second-order valence-electron chi connectivity index (χ2n) is 4.41. The third-order valence-corrected chi connectivity index (χ3v) is 2.90. The molecule has 1 saturated heterocycles. The van der Waals surface area contributed by atoms with Gasteiger partial charge in [-0.15, -0.1) is 0 Å². The maximum absolute atomic E-state index is 11.8. The van der Waals surface area contributed by atoms with Crippen LogP contribution in [0.25, 0.3) is 0 Å². The van der Waals surface area contributed by atoms with E-state index in [1.807, 2.05) is 0 Å². The van der Waals surface area contributed by atoms with E-state index in [-0.39, 0.29) is 22.9 Å². The minimum absolute atomic E-state index is 0.00225. The topological polar surface area (TPSA) is 91.1 Å². The SMILES string of the molecule is Cc1cc(=O)c(C(=O)NCC2CCC(=O)N2)c[nH]1. The Morgan fingerprint density at radius 3 is 2.89 bits per heavy atom. The Balaban J connectivity index is 1.95. The summed E-state index contributed by atoms with van der Waals surface area (Å²) in [5, 5.41) is 5.39. The molecule has 2 heterocycles. The molecular formula is C12H15N3O3. The molecule has 0 aromatic carbocycles. The summed E-state index contributed by atoms with van der Waals surface area (Å²) in [5.74, 6) is -0.417. The lowest BCUT2D eigenvalue weighted by Gasteiger charge is -2.11. The number of hydrogen-bond donors (Lipinski definition) is 3. The van der Waals surface area contributed by atoms with Gasteiger partial charge in [0, 0.05) is 37.0 Å². The Kier molecular flexibility index (Phi) is 3.45. The van der Waals surface area contributed by atoms with Gasteiger partial charge in [-0.3, -0.25) is 14.4 Å². The Hall–Kier alpha value is -2.11. The average Bonchev–Trinajstić information content (AvgIpc) is 2.72. The lowest BCUT2D eigenvalue weighted by Crippen LogP contribution is -2.39. The quantitative estimate of drug-likeness (QED) is 0.686. The van der Waals surface area contributed by atoms with E-state index in [0.717, 1.165) is 0 Å². The Morgan fingerprint density at radius 1 is 1.50 bits per heavy atom. The fraction of sp³-hybridized carbons (Fsp3) is 0.417. The minimum Gasteiger partial charge on any atom is -0.364 e. The van der Waals surface area contributed by atoms with E-state index in [2.05, 4.69) is 15.6 Å². The van der Waals surface area contributed by atoms with E-state index in [1.165, 1.54) is 12.3 Å². The number of rotatable bonds is 3. The van der Waals surface area contributed by atoms with Gasteiger partial charge in [0.1, 0.15) is 5.56 Å². The van der Waals surface area contributed by atoms with Gasteiger partial charge in [-0.1, -0.05) is 0 Å². The van der Waals surface area contributed by atoms with Crippen LogP contribution in [0.2, 0.25) is 0 Å². The summed E-state index contributed by atoms with van der Waals surface area (Å²) in [6.45, 7) is 2.09. The zero-order valence-corrected chi connectivity index (χ0v) is 10.1. The highest BCUT2D eigenvalue weighted by molar-refractivity contribution is 5.93. The summed E-state index contributed by atoms with van der Waals surface area (Å²) >= 11 is 0. The monoisotopic (exact) mass is 249 g/mol. The number of amides is 2. The molecule has 96 valence electrons. The minimum atomic E-state index is -0.419. The molecule has 0 aliphatic carbocycles. The van der Waals surface area contributed by atoms with Crippen LogP contribution in [0.5, 0.6) is 0 Å². The Labute approximate surface area is 104 Å². The van der Waals surface area contributed by atoms with Gasteiger partial charge in [-0.05, 0) is 13.3 Å². The van der Waals surface area contributed by atoms with Gasteiger partial charge in [-0.2, -0.15) is 0 Å². The number of aromatic amines is 1. The zero-order chi connectivity index (χ0) is 13.1. The third kappa shape index (κ3) is 2.77. The molecule has 2 rings (SSSR count). The van der Waals surface area contributed by atoms with Gasteiger partial charge in [0.15, 0.2) is 5.43 Å². The molecule has 0 spiro atoms. The number of aromatic nitrogens is 1. The lowest BCUT2D eigenvalue weighted by atomic mass is 10.2. The smallest absolute Gasteiger partial charge is 0.256 e. The highest BCUT2D eigenvalue weighted by Gasteiger charge is 2.21. The molecular weight excluding hydrogens is 234 g/mol. The van der Waals surface area contributed by atoms with Crippen LogP contribution in [0.15, 0.2) is 17.1 Å². The van der Waals surface area contributed by atoms with Crippen molar-refractivity contribution in [3.8, 4) is 0 Å². The first-order valence-electron chi connectivity index (χ1n) is 5.83. The van der Waals surface area contributed by atoms with Gasteiger partial charge in [0.2, 0.25) is 5.91 Å². The molecule has 0 saturated carbocycles. The molecule has 6 heteroatoms. The van der Waals surface area contributed by atoms with Crippen molar-refractivity contribution in [1.29, 1.82) is 0 Å². The van der Waals surface area contributed by atoms with Crippen molar-refractivity contribution in [2.75, 3.05) is 6.54 Å². The van der Waals surface area contributed by atoms with Crippen LogP contribution in [0.3, 0.4) is 0 Å². The Morgan fingerprint density at radius 2 is 2.28 bits per heavy atom. The maximum Gasteiger partial charge on any atom is 0.256 e. The normalized spacial score (nSPS) is 18.5. The predicted molar refractivity (Wildman–Crippen MR) is 65.3 cm³/mol. The molecule has 1 aromatic heterocycles. The second kappa shape index (κ2) is 5.03. The van der Waals surface area contributed by atoms with Crippen molar-refractivity contribution in [3.63, 3.8) is 0 Å². The van der Waals surface area contributed by atoms with E-state index < -0.39 is 5.91 Å². The van der Waals surface area contributed by atoms with Crippen LogP contribution < -0.4 is 16.1 Å². The van der Waals surface area contributed by atoms with Crippen molar-refractivity contribution >= 4 is 11.8 Å². The predicted octanol–water partition coefficient (Wildman–Crippen LogP) is -0.308. The molecule has 1 fully saturated rings. The number of carbonyl (C=O) groups is 2. The van der Waals surface area contributed by atoms with E-state index >= 15 is 0 Å². The van der Waals surface area contributed by atoms with Crippen LogP contribution in [-0.2, 0) is 4.79 Å². The molecule has 1 atom stereocenters. The molecule has 6 nitrogen and oxygen atoms in total. The first-order chi connectivity index (χ1) is 8.56. The van der Waals surface area contributed by atoms with Gasteiger partial charge in [0.25, 0.3) is 5.91 Å². The van der Waals surface area contributed by atoms with Crippen molar-refractivity contribution in [2.45, 2.75) is 25.8 Å². The van der Waals surface area contributed by atoms with E-state index in [0.29, 0.717) is 25.1 Å².